The van der Waals surface area contributed by atoms with Crippen LogP contribution in [-0.2, 0) is 16.0 Å². The summed E-state index contributed by atoms with van der Waals surface area (Å²) >= 11 is 0. The normalized spacial score (nSPS) is 15.9. The van der Waals surface area contributed by atoms with E-state index in [0.29, 0.717) is 11.4 Å². The zero-order chi connectivity index (χ0) is 17.6. The lowest BCUT2D eigenvalue weighted by Gasteiger charge is -2.15. The Morgan fingerprint density at radius 1 is 1.20 bits per heavy atom. The molecule has 0 saturated heterocycles. The molecular formula is C19H17N3O3. The van der Waals surface area contributed by atoms with Gasteiger partial charge in [0.05, 0.1) is 13.5 Å². The summed E-state index contributed by atoms with van der Waals surface area (Å²) in [7, 11) is 1.59. The third kappa shape index (κ3) is 4.17. The standard InChI is InChI=1S/C19H17N3O3/c1-25-14-6-4-5-13(11-14)12-19(24)20-16-8-3-2-7-15(16)17-9-10-18(23)22-21-17/h2-11,17H,12H2,1H3,(H,20,24). The first kappa shape index (κ1) is 16.6. The van der Waals surface area contributed by atoms with Gasteiger partial charge in [-0.2, -0.15) is 5.11 Å². The van der Waals surface area contributed by atoms with Gasteiger partial charge in [0.1, 0.15) is 11.8 Å². The van der Waals surface area contributed by atoms with Gasteiger partial charge < -0.3 is 10.1 Å². The predicted molar refractivity (Wildman–Crippen MR) is 93.5 cm³/mol. The van der Waals surface area contributed by atoms with Crippen LogP contribution < -0.4 is 10.1 Å². The van der Waals surface area contributed by atoms with Crippen LogP contribution >= 0.6 is 0 Å². The maximum atomic E-state index is 12.4. The van der Waals surface area contributed by atoms with Gasteiger partial charge in [0.2, 0.25) is 5.91 Å². The molecular weight excluding hydrogens is 318 g/mol. The number of amides is 2. The number of methoxy groups -OCH3 is 1. The van der Waals surface area contributed by atoms with Crippen LogP contribution in [0, 0.1) is 0 Å². The molecule has 0 fully saturated rings. The van der Waals surface area contributed by atoms with E-state index < -0.39 is 0 Å². The summed E-state index contributed by atoms with van der Waals surface area (Å²) in [6.07, 6.45) is 3.28. The second-order valence-electron chi connectivity index (χ2n) is 5.52. The van der Waals surface area contributed by atoms with Crippen molar-refractivity contribution in [3.63, 3.8) is 0 Å². The number of hydrogen-bond donors (Lipinski definition) is 1. The van der Waals surface area contributed by atoms with Gasteiger partial charge in [0.15, 0.2) is 0 Å². The van der Waals surface area contributed by atoms with Crippen molar-refractivity contribution in [3.05, 3.63) is 71.8 Å². The third-order valence-electron chi connectivity index (χ3n) is 3.75. The van der Waals surface area contributed by atoms with E-state index in [9.17, 15) is 9.59 Å². The lowest BCUT2D eigenvalue weighted by atomic mass is 10.0. The van der Waals surface area contributed by atoms with E-state index in [-0.39, 0.29) is 24.3 Å². The van der Waals surface area contributed by atoms with Crippen LogP contribution in [0.1, 0.15) is 17.2 Å². The van der Waals surface area contributed by atoms with Crippen LogP contribution in [-0.4, -0.2) is 18.9 Å². The Balaban J connectivity index is 1.74. The number of anilines is 1. The summed E-state index contributed by atoms with van der Waals surface area (Å²) in [5.41, 5.74) is 2.30. The van der Waals surface area contributed by atoms with Gasteiger partial charge in [-0.3, -0.25) is 9.59 Å². The van der Waals surface area contributed by atoms with Gasteiger partial charge in [0, 0.05) is 17.3 Å². The lowest BCUT2D eigenvalue weighted by Crippen LogP contribution is -2.16. The number of rotatable bonds is 5. The second kappa shape index (κ2) is 7.53. The molecule has 1 atom stereocenters. The first-order chi connectivity index (χ1) is 12.2. The summed E-state index contributed by atoms with van der Waals surface area (Å²) in [6, 6.07) is 14.3. The minimum Gasteiger partial charge on any atom is -0.497 e. The minimum atomic E-state index is -0.383. The van der Waals surface area contributed by atoms with Crippen molar-refractivity contribution in [2.75, 3.05) is 12.4 Å². The lowest BCUT2D eigenvalue weighted by molar-refractivity contribution is -0.116. The van der Waals surface area contributed by atoms with Crippen LogP contribution in [0.25, 0.3) is 0 Å². The summed E-state index contributed by atoms with van der Waals surface area (Å²) in [4.78, 5) is 23.5. The molecule has 0 saturated carbocycles. The topological polar surface area (TPSA) is 80.1 Å². The molecule has 1 unspecified atom stereocenters. The average molecular weight is 335 g/mol. The van der Waals surface area contributed by atoms with E-state index in [0.717, 1.165) is 11.1 Å². The predicted octanol–water partition coefficient (Wildman–Crippen LogP) is 3.47. The van der Waals surface area contributed by atoms with E-state index >= 15 is 0 Å². The molecule has 1 heterocycles. The summed E-state index contributed by atoms with van der Waals surface area (Å²) in [5.74, 6) is 0.187. The first-order valence-corrected chi connectivity index (χ1v) is 7.80. The zero-order valence-corrected chi connectivity index (χ0v) is 13.7. The molecule has 1 aliphatic heterocycles. The van der Waals surface area contributed by atoms with Crippen LogP contribution in [0.3, 0.4) is 0 Å². The number of nitrogens with zero attached hydrogens (tertiary/aromatic N) is 2. The Morgan fingerprint density at radius 2 is 2.04 bits per heavy atom. The number of carbonyl (C=O) groups excluding carboxylic acids is 2. The van der Waals surface area contributed by atoms with Crippen molar-refractivity contribution in [2.45, 2.75) is 12.5 Å². The molecule has 0 radical (unpaired) electrons. The Labute approximate surface area is 145 Å². The van der Waals surface area contributed by atoms with Crippen molar-refractivity contribution in [1.82, 2.24) is 0 Å². The fourth-order valence-corrected chi connectivity index (χ4v) is 2.56. The van der Waals surface area contributed by atoms with Crippen LogP contribution in [0.4, 0.5) is 5.69 Å². The number of nitrogens with one attached hydrogen (secondary N) is 1. The van der Waals surface area contributed by atoms with Gasteiger partial charge in [-0.25, -0.2) is 0 Å². The quantitative estimate of drug-likeness (QED) is 0.908. The highest BCUT2D eigenvalue weighted by Gasteiger charge is 2.16. The molecule has 25 heavy (non-hydrogen) atoms. The molecule has 1 aliphatic rings. The van der Waals surface area contributed by atoms with E-state index in [1.165, 1.54) is 6.08 Å². The highest BCUT2D eigenvalue weighted by atomic mass is 16.5. The van der Waals surface area contributed by atoms with Crippen molar-refractivity contribution < 1.29 is 14.3 Å². The Bertz CT molecular complexity index is 842. The van der Waals surface area contributed by atoms with Gasteiger partial charge >= 0.3 is 0 Å². The molecule has 6 heteroatoms. The van der Waals surface area contributed by atoms with Crippen molar-refractivity contribution in [2.24, 2.45) is 10.2 Å². The van der Waals surface area contributed by atoms with Gasteiger partial charge in [-0.15, -0.1) is 5.11 Å². The monoisotopic (exact) mass is 335 g/mol. The molecule has 0 bridgehead atoms. The number of para-hydroxylation sites is 1. The SMILES string of the molecule is COc1cccc(CC(=O)Nc2ccccc2C2C=CC(=O)N=N2)c1. The molecule has 0 aromatic heterocycles. The van der Waals surface area contributed by atoms with Crippen LogP contribution in [0.2, 0.25) is 0 Å². The summed E-state index contributed by atoms with van der Waals surface area (Å²) < 4.78 is 5.17. The van der Waals surface area contributed by atoms with Crippen molar-refractivity contribution in [1.29, 1.82) is 0 Å². The van der Waals surface area contributed by atoms with E-state index in [1.54, 1.807) is 19.3 Å². The second-order valence-corrected chi connectivity index (χ2v) is 5.52. The molecule has 3 rings (SSSR count). The molecule has 2 amide bonds. The fraction of sp³-hybridized carbons (Fsp3) is 0.158. The third-order valence-corrected chi connectivity index (χ3v) is 3.75. The maximum Gasteiger partial charge on any atom is 0.287 e. The molecule has 126 valence electrons. The van der Waals surface area contributed by atoms with E-state index in [4.69, 9.17) is 4.74 Å². The van der Waals surface area contributed by atoms with E-state index in [2.05, 4.69) is 15.5 Å². The van der Waals surface area contributed by atoms with Crippen molar-refractivity contribution in [3.8, 4) is 5.75 Å². The number of carbonyl (C=O) groups is 2. The van der Waals surface area contributed by atoms with E-state index in [1.807, 2.05) is 42.5 Å². The Kier molecular flexibility index (Phi) is 4.99. The fourth-order valence-electron chi connectivity index (χ4n) is 2.56. The van der Waals surface area contributed by atoms with Gasteiger partial charge in [-0.1, -0.05) is 30.3 Å². The van der Waals surface area contributed by atoms with Gasteiger partial charge in [0.25, 0.3) is 5.91 Å². The first-order valence-electron chi connectivity index (χ1n) is 7.80. The van der Waals surface area contributed by atoms with Crippen molar-refractivity contribution >= 4 is 17.5 Å². The molecule has 6 nitrogen and oxygen atoms in total. The molecule has 0 spiro atoms. The molecule has 0 aliphatic carbocycles. The van der Waals surface area contributed by atoms with Crippen LogP contribution in [0.15, 0.2) is 70.9 Å². The van der Waals surface area contributed by atoms with Crippen LogP contribution in [0.5, 0.6) is 5.75 Å². The Morgan fingerprint density at radius 3 is 2.80 bits per heavy atom. The molecule has 2 aromatic carbocycles. The average Bonchev–Trinajstić information content (AvgIpc) is 2.63. The summed E-state index contributed by atoms with van der Waals surface area (Å²) in [5, 5.41) is 10.4. The summed E-state index contributed by atoms with van der Waals surface area (Å²) in [6.45, 7) is 0. The number of hydrogen-bond acceptors (Lipinski definition) is 4. The number of ether oxygens (including phenoxy) is 1. The Hall–Kier alpha value is -3.28. The smallest absolute Gasteiger partial charge is 0.287 e. The minimum absolute atomic E-state index is 0.145. The highest BCUT2D eigenvalue weighted by molar-refractivity contribution is 5.93. The number of azo groups is 1. The maximum absolute atomic E-state index is 12.4. The zero-order valence-electron chi connectivity index (χ0n) is 13.7. The molecule has 1 N–H and O–H groups in total. The largest absolute Gasteiger partial charge is 0.497 e. The highest BCUT2D eigenvalue weighted by Crippen LogP contribution is 2.29. The molecule has 2 aromatic rings. The van der Waals surface area contributed by atoms with Gasteiger partial charge in [-0.05, 0) is 29.8 Å². The number of benzene rings is 2.